The van der Waals surface area contributed by atoms with Gasteiger partial charge in [-0.1, -0.05) is 35.9 Å². The molecule has 1 fully saturated rings. The molecule has 1 aliphatic rings. The van der Waals surface area contributed by atoms with E-state index in [1.54, 1.807) is 4.90 Å². The van der Waals surface area contributed by atoms with Crippen LogP contribution in [0.5, 0.6) is 5.75 Å². The molecule has 2 aromatic carbocycles. The topological polar surface area (TPSA) is 63.7 Å². The monoisotopic (exact) mass is 401 g/mol. The number of rotatable bonds is 6. The van der Waals surface area contributed by atoms with E-state index in [9.17, 15) is 13.2 Å². The fraction of sp³-hybridized carbons (Fsp3) is 0.409. The molecule has 1 saturated heterocycles. The molecule has 0 saturated carbocycles. The average Bonchev–Trinajstić information content (AvgIpc) is 3.01. The quantitative estimate of drug-likeness (QED) is 0.746. The lowest BCUT2D eigenvalue weighted by atomic mass is 10.1. The van der Waals surface area contributed by atoms with Crippen LogP contribution < -0.4 is 4.74 Å². The molecule has 0 aliphatic carbocycles. The standard InChI is InChI=1S/C22H27NO4S/c1-16-4-7-19(8-5-16)13-23(20-10-11-28(25,26)15-20)22(24)14-27-21-9-6-17(2)18(3)12-21/h4-9,12,20H,10-11,13-15H2,1-3H3. The SMILES string of the molecule is Cc1ccc(CN(C(=O)COc2ccc(C)c(C)c2)C2CCS(=O)(=O)C2)cc1. The Bertz CT molecular complexity index is 951. The van der Waals surface area contributed by atoms with Crippen molar-refractivity contribution >= 4 is 15.7 Å². The van der Waals surface area contributed by atoms with E-state index in [0.717, 1.165) is 22.3 Å². The van der Waals surface area contributed by atoms with Crippen molar-refractivity contribution in [2.75, 3.05) is 18.1 Å². The minimum Gasteiger partial charge on any atom is -0.484 e. The normalized spacial score (nSPS) is 18.0. The summed E-state index contributed by atoms with van der Waals surface area (Å²) in [7, 11) is -3.09. The van der Waals surface area contributed by atoms with E-state index >= 15 is 0 Å². The molecule has 1 amide bonds. The van der Waals surface area contributed by atoms with Gasteiger partial charge in [-0.15, -0.1) is 0 Å². The highest BCUT2D eigenvalue weighted by atomic mass is 32.2. The highest BCUT2D eigenvalue weighted by molar-refractivity contribution is 7.91. The minimum absolute atomic E-state index is 0.0221. The van der Waals surface area contributed by atoms with Gasteiger partial charge in [-0.25, -0.2) is 8.42 Å². The molecule has 0 N–H and O–H groups in total. The Morgan fingerprint density at radius 1 is 1.07 bits per heavy atom. The van der Waals surface area contributed by atoms with Gasteiger partial charge in [0.2, 0.25) is 0 Å². The molecule has 1 aliphatic heterocycles. The number of ether oxygens (including phenoxy) is 1. The van der Waals surface area contributed by atoms with Crippen molar-refractivity contribution in [2.24, 2.45) is 0 Å². The largest absolute Gasteiger partial charge is 0.484 e. The van der Waals surface area contributed by atoms with E-state index in [4.69, 9.17) is 4.74 Å². The van der Waals surface area contributed by atoms with Crippen molar-refractivity contribution < 1.29 is 17.9 Å². The van der Waals surface area contributed by atoms with Crippen LogP contribution in [0, 0.1) is 20.8 Å². The van der Waals surface area contributed by atoms with Crippen molar-refractivity contribution in [1.82, 2.24) is 4.90 Å². The lowest BCUT2D eigenvalue weighted by Gasteiger charge is -2.28. The van der Waals surface area contributed by atoms with Gasteiger partial charge in [-0.3, -0.25) is 4.79 Å². The van der Waals surface area contributed by atoms with Gasteiger partial charge in [0.15, 0.2) is 16.4 Å². The first kappa shape index (κ1) is 20.4. The molecule has 0 radical (unpaired) electrons. The van der Waals surface area contributed by atoms with E-state index in [0.29, 0.717) is 18.7 Å². The first-order chi connectivity index (χ1) is 13.2. The molecule has 1 atom stereocenters. The lowest BCUT2D eigenvalue weighted by Crippen LogP contribution is -2.43. The fourth-order valence-corrected chi connectivity index (χ4v) is 5.09. The van der Waals surface area contributed by atoms with Gasteiger partial charge in [0.05, 0.1) is 11.5 Å². The average molecular weight is 402 g/mol. The van der Waals surface area contributed by atoms with Gasteiger partial charge in [-0.2, -0.15) is 0 Å². The van der Waals surface area contributed by atoms with Crippen molar-refractivity contribution in [1.29, 1.82) is 0 Å². The Morgan fingerprint density at radius 3 is 2.39 bits per heavy atom. The molecule has 1 heterocycles. The zero-order chi connectivity index (χ0) is 20.3. The smallest absolute Gasteiger partial charge is 0.261 e. The second kappa shape index (κ2) is 8.35. The van der Waals surface area contributed by atoms with Crippen LogP contribution >= 0.6 is 0 Å². The summed E-state index contributed by atoms with van der Waals surface area (Å²) in [6, 6.07) is 13.4. The number of benzene rings is 2. The summed E-state index contributed by atoms with van der Waals surface area (Å²) in [6.07, 6.45) is 0.476. The number of amides is 1. The number of carbonyl (C=O) groups excluding carboxylic acids is 1. The second-order valence-electron chi connectivity index (χ2n) is 7.60. The van der Waals surface area contributed by atoms with Gasteiger partial charge in [0, 0.05) is 12.6 Å². The highest BCUT2D eigenvalue weighted by Gasteiger charge is 2.34. The molecular formula is C22H27NO4S. The fourth-order valence-electron chi connectivity index (χ4n) is 3.36. The third kappa shape index (κ3) is 5.13. The van der Waals surface area contributed by atoms with Crippen LogP contribution in [-0.4, -0.2) is 43.4 Å². The number of hydrogen-bond acceptors (Lipinski definition) is 4. The van der Waals surface area contributed by atoms with Crippen molar-refractivity contribution in [3.63, 3.8) is 0 Å². The number of carbonyl (C=O) groups is 1. The Hall–Kier alpha value is -2.34. The van der Waals surface area contributed by atoms with Crippen LogP contribution in [0.25, 0.3) is 0 Å². The molecule has 1 unspecified atom stereocenters. The number of aryl methyl sites for hydroxylation is 3. The zero-order valence-corrected chi connectivity index (χ0v) is 17.5. The maximum Gasteiger partial charge on any atom is 0.261 e. The summed E-state index contributed by atoms with van der Waals surface area (Å²) in [4.78, 5) is 14.6. The third-order valence-electron chi connectivity index (χ3n) is 5.28. The second-order valence-corrected chi connectivity index (χ2v) is 9.83. The predicted octanol–water partition coefficient (Wildman–Crippen LogP) is 3.21. The van der Waals surface area contributed by atoms with E-state index in [1.807, 2.05) is 63.2 Å². The number of nitrogens with zero attached hydrogens (tertiary/aromatic N) is 1. The summed E-state index contributed by atoms with van der Waals surface area (Å²) in [6.45, 7) is 6.30. The highest BCUT2D eigenvalue weighted by Crippen LogP contribution is 2.22. The van der Waals surface area contributed by atoms with Crippen LogP contribution in [0.2, 0.25) is 0 Å². The van der Waals surface area contributed by atoms with E-state index in [-0.39, 0.29) is 30.1 Å². The van der Waals surface area contributed by atoms with E-state index in [2.05, 4.69) is 0 Å². The van der Waals surface area contributed by atoms with Crippen molar-refractivity contribution in [3.8, 4) is 5.75 Å². The Labute approximate surface area is 167 Å². The first-order valence-corrected chi connectivity index (χ1v) is 11.3. The molecule has 3 rings (SSSR count). The molecule has 2 aromatic rings. The molecule has 5 nitrogen and oxygen atoms in total. The molecule has 150 valence electrons. The maximum atomic E-state index is 12.9. The van der Waals surface area contributed by atoms with E-state index < -0.39 is 9.84 Å². The molecule has 6 heteroatoms. The zero-order valence-electron chi connectivity index (χ0n) is 16.6. The van der Waals surface area contributed by atoms with Crippen LogP contribution in [0.4, 0.5) is 0 Å². The van der Waals surface area contributed by atoms with Crippen LogP contribution in [0.15, 0.2) is 42.5 Å². The van der Waals surface area contributed by atoms with Gasteiger partial charge in [0.25, 0.3) is 5.91 Å². The van der Waals surface area contributed by atoms with Gasteiger partial charge in [-0.05, 0) is 56.0 Å². The summed E-state index contributed by atoms with van der Waals surface area (Å²) in [5, 5.41) is 0. The van der Waals surface area contributed by atoms with Crippen molar-refractivity contribution in [2.45, 2.75) is 39.8 Å². The lowest BCUT2D eigenvalue weighted by molar-refractivity contribution is -0.136. The Balaban J connectivity index is 1.73. The third-order valence-corrected chi connectivity index (χ3v) is 7.03. The summed E-state index contributed by atoms with van der Waals surface area (Å²) in [5.74, 6) is 0.605. The summed E-state index contributed by atoms with van der Waals surface area (Å²) in [5.41, 5.74) is 4.39. The van der Waals surface area contributed by atoms with Crippen LogP contribution in [-0.2, 0) is 21.2 Å². The van der Waals surface area contributed by atoms with E-state index in [1.165, 1.54) is 0 Å². The van der Waals surface area contributed by atoms with Gasteiger partial charge < -0.3 is 9.64 Å². The molecular weight excluding hydrogens is 374 g/mol. The van der Waals surface area contributed by atoms with Crippen LogP contribution in [0.1, 0.15) is 28.7 Å². The molecule has 0 aromatic heterocycles. The number of hydrogen-bond donors (Lipinski definition) is 0. The summed E-state index contributed by atoms with van der Waals surface area (Å²) >= 11 is 0. The first-order valence-electron chi connectivity index (χ1n) is 9.49. The van der Waals surface area contributed by atoms with Gasteiger partial charge >= 0.3 is 0 Å². The predicted molar refractivity (Wildman–Crippen MR) is 110 cm³/mol. The molecule has 28 heavy (non-hydrogen) atoms. The molecule has 0 spiro atoms. The molecule has 0 bridgehead atoms. The van der Waals surface area contributed by atoms with Gasteiger partial charge in [0.1, 0.15) is 5.75 Å². The maximum absolute atomic E-state index is 12.9. The minimum atomic E-state index is -3.09. The number of sulfone groups is 1. The Kier molecular flexibility index (Phi) is 6.08. The van der Waals surface area contributed by atoms with Crippen LogP contribution in [0.3, 0.4) is 0 Å². The summed E-state index contributed by atoms with van der Waals surface area (Å²) < 4.78 is 29.6. The Morgan fingerprint density at radius 2 is 1.79 bits per heavy atom. The van der Waals surface area contributed by atoms with Crippen molar-refractivity contribution in [3.05, 3.63) is 64.7 Å².